The van der Waals surface area contributed by atoms with E-state index in [0.717, 1.165) is 0 Å². The van der Waals surface area contributed by atoms with Gasteiger partial charge in [0.1, 0.15) is 48.0 Å². The summed E-state index contributed by atoms with van der Waals surface area (Å²) >= 11 is 0. The van der Waals surface area contributed by atoms with Crippen LogP contribution in [0.25, 0.3) is 5.52 Å². The van der Waals surface area contributed by atoms with Crippen LogP contribution >= 0.6 is 0 Å². The fraction of sp³-hybridized carbons (Fsp3) is 0.611. The summed E-state index contributed by atoms with van der Waals surface area (Å²) in [5, 5.41) is 25.2. The van der Waals surface area contributed by atoms with Crippen LogP contribution in [0.3, 0.4) is 0 Å². The maximum atomic E-state index is 11.9. The molecule has 0 amide bonds. The van der Waals surface area contributed by atoms with E-state index >= 15 is 0 Å². The maximum Gasteiger partial charge on any atom is 0.508 e. The van der Waals surface area contributed by atoms with Crippen LogP contribution in [0.5, 0.6) is 0 Å². The van der Waals surface area contributed by atoms with Crippen LogP contribution in [0.2, 0.25) is 0 Å². The molecule has 4 atom stereocenters. The lowest BCUT2D eigenvalue weighted by Crippen LogP contribution is -2.39. The lowest BCUT2D eigenvalue weighted by molar-refractivity contribution is -0.0984. The van der Waals surface area contributed by atoms with E-state index in [1.165, 1.54) is 10.8 Å². The Bertz CT molecular complexity index is 869. The van der Waals surface area contributed by atoms with E-state index < -0.39 is 35.7 Å². The highest BCUT2D eigenvalue weighted by Gasteiger charge is 2.54. The molecule has 1 fully saturated rings. The summed E-state index contributed by atoms with van der Waals surface area (Å²) in [6, 6.07) is 3.39. The van der Waals surface area contributed by atoms with Gasteiger partial charge in [-0.2, -0.15) is 5.10 Å². The molecule has 0 radical (unpaired) electrons. The Balaban J connectivity index is 1.76. The van der Waals surface area contributed by atoms with Gasteiger partial charge in [-0.1, -0.05) is 6.92 Å². The Hall–Kier alpha value is -2.43. The van der Waals surface area contributed by atoms with Crippen LogP contribution in [-0.2, 0) is 19.8 Å². The standard InChI is InChI=1S/C18H26N4O6/c1-5-17(2,3)28-16(25)26-8-11-13(23)14(24)18(4,27-11)12-7-6-10-15(19)20-9-21-22(10)12/h6-7,9,11,13-14,23-24H,5,8H2,1-4H3,(H2,19,20,21)/t11-,13-,14-,18+/m1/s1. The van der Waals surface area contributed by atoms with Crippen molar-refractivity contribution in [2.24, 2.45) is 0 Å². The first-order valence-electron chi connectivity index (χ1n) is 9.07. The summed E-state index contributed by atoms with van der Waals surface area (Å²) in [6.45, 7) is 6.77. The van der Waals surface area contributed by atoms with Crippen molar-refractivity contribution >= 4 is 17.5 Å². The summed E-state index contributed by atoms with van der Waals surface area (Å²) in [5.74, 6) is 0.277. The summed E-state index contributed by atoms with van der Waals surface area (Å²) in [5.41, 5.74) is 4.92. The molecule has 3 rings (SSSR count). The molecule has 2 aromatic rings. The van der Waals surface area contributed by atoms with Gasteiger partial charge >= 0.3 is 6.16 Å². The quantitative estimate of drug-likeness (QED) is 0.633. The molecule has 0 unspecified atom stereocenters. The third-order valence-electron chi connectivity index (χ3n) is 5.23. The molecule has 2 aromatic heterocycles. The number of aromatic nitrogens is 3. The van der Waals surface area contributed by atoms with E-state index in [0.29, 0.717) is 17.6 Å². The number of carbonyl (C=O) groups excluding carboxylic acids is 1. The number of fused-ring (bicyclic) bond motifs is 1. The number of hydrogen-bond donors (Lipinski definition) is 3. The Kier molecular flexibility index (Phi) is 5.22. The molecule has 3 heterocycles. The van der Waals surface area contributed by atoms with Crippen molar-refractivity contribution in [2.75, 3.05) is 12.3 Å². The number of nitrogen functional groups attached to an aromatic ring is 1. The zero-order chi connectivity index (χ0) is 20.7. The normalized spacial score (nSPS) is 27.9. The first-order valence-corrected chi connectivity index (χ1v) is 9.07. The van der Waals surface area contributed by atoms with Crippen molar-refractivity contribution < 1.29 is 29.2 Å². The molecular formula is C18H26N4O6. The van der Waals surface area contributed by atoms with Crippen molar-refractivity contribution in [1.29, 1.82) is 0 Å². The van der Waals surface area contributed by atoms with Crippen LogP contribution in [0, 0.1) is 0 Å². The molecule has 0 spiro atoms. The number of nitrogens with zero attached hydrogens (tertiary/aromatic N) is 3. The largest absolute Gasteiger partial charge is 0.508 e. The Labute approximate surface area is 162 Å². The van der Waals surface area contributed by atoms with Crippen LogP contribution < -0.4 is 5.73 Å². The van der Waals surface area contributed by atoms with E-state index in [1.54, 1.807) is 32.9 Å². The average molecular weight is 394 g/mol. The molecule has 0 saturated carbocycles. The minimum Gasteiger partial charge on any atom is -0.431 e. The predicted molar refractivity (Wildman–Crippen MR) is 98.4 cm³/mol. The van der Waals surface area contributed by atoms with Gasteiger partial charge in [0.15, 0.2) is 5.82 Å². The summed E-state index contributed by atoms with van der Waals surface area (Å²) in [7, 11) is 0. The highest BCUT2D eigenvalue weighted by Crippen LogP contribution is 2.40. The van der Waals surface area contributed by atoms with Gasteiger partial charge in [0.25, 0.3) is 0 Å². The van der Waals surface area contributed by atoms with Crippen molar-refractivity contribution in [3.63, 3.8) is 0 Å². The first kappa shape index (κ1) is 20.3. The molecule has 1 aliphatic heterocycles. The summed E-state index contributed by atoms with van der Waals surface area (Å²) in [4.78, 5) is 15.8. The molecule has 4 N–H and O–H groups in total. The fourth-order valence-electron chi connectivity index (χ4n) is 3.13. The second-order valence-corrected chi connectivity index (χ2v) is 7.64. The third kappa shape index (κ3) is 3.50. The van der Waals surface area contributed by atoms with Gasteiger partial charge in [0, 0.05) is 0 Å². The molecule has 1 aliphatic rings. The van der Waals surface area contributed by atoms with E-state index in [2.05, 4.69) is 10.1 Å². The van der Waals surface area contributed by atoms with Gasteiger partial charge in [-0.3, -0.25) is 0 Å². The molecule has 0 aliphatic carbocycles. The maximum absolute atomic E-state index is 11.9. The molecule has 28 heavy (non-hydrogen) atoms. The lowest BCUT2D eigenvalue weighted by atomic mass is 9.93. The van der Waals surface area contributed by atoms with Gasteiger partial charge in [0.05, 0.1) is 5.69 Å². The van der Waals surface area contributed by atoms with E-state index in [-0.39, 0.29) is 12.4 Å². The number of carbonyl (C=O) groups is 1. The number of anilines is 1. The van der Waals surface area contributed by atoms with Crippen molar-refractivity contribution in [2.45, 2.75) is 63.6 Å². The molecule has 154 valence electrons. The number of nitrogens with two attached hydrogens (primary N) is 1. The zero-order valence-corrected chi connectivity index (χ0v) is 16.3. The summed E-state index contributed by atoms with van der Waals surface area (Å²) < 4.78 is 17.7. The zero-order valence-electron chi connectivity index (χ0n) is 16.3. The van der Waals surface area contributed by atoms with Gasteiger partial charge in [0.2, 0.25) is 0 Å². The van der Waals surface area contributed by atoms with E-state index in [9.17, 15) is 15.0 Å². The van der Waals surface area contributed by atoms with Crippen LogP contribution in [-0.4, -0.2) is 61.5 Å². The molecule has 0 aromatic carbocycles. The fourth-order valence-corrected chi connectivity index (χ4v) is 3.13. The second kappa shape index (κ2) is 7.19. The highest BCUT2D eigenvalue weighted by atomic mass is 16.7. The van der Waals surface area contributed by atoms with E-state index in [1.807, 2.05) is 6.92 Å². The third-order valence-corrected chi connectivity index (χ3v) is 5.23. The topological polar surface area (TPSA) is 141 Å². The number of aliphatic hydroxyl groups excluding tert-OH is 2. The number of hydrogen-bond acceptors (Lipinski definition) is 9. The van der Waals surface area contributed by atoms with Crippen LogP contribution in [0.1, 0.15) is 39.8 Å². The lowest BCUT2D eigenvalue weighted by Gasteiger charge is -2.27. The molecule has 1 saturated heterocycles. The minimum absolute atomic E-state index is 0.271. The summed E-state index contributed by atoms with van der Waals surface area (Å²) in [6.07, 6.45) is -2.45. The van der Waals surface area contributed by atoms with Crippen molar-refractivity contribution in [3.8, 4) is 0 Å². The number of ether oxygens (including phenoxy) is 3. The van der Waals surface area contributed by atoms with Gasteiger partial charge in [-0.15, -0.1) is 0 Å². The van der Waals surface area contributed by atoms with Crippen molar-refractivity contribution in [1.82, 2.24) is 14.6 Å². The van der Waals surface area contributed by atoms with Crippen molar-refractivity contribution in [3.05, 3.63) is 24.2 Å². The smallest absolute Gasteiger partial charge is 0.431 e. The first-order chi connectivity index (χ1) is 13.1. The van der Waals surface area contributed by atoms with Crippen LogP contribution in [0.4, 0.5) is 10.6 Å². The second-order valence-electron chi connectivity index (χ2n) is 7.64. The van der Waals surface area contributed by atoms with Crippen LogP contribution in [0.15, 0.2) is 18.5 Å². The van der Waals surface area contributed by atoms with Gasteiger partial charge in [-0.05, 0) is 39.3 Å². The Morgan fingerprint density at radius 3 is 2.82 bits per heavy atom. The minimum atomic E-state index is -1.30. The highest BCUT2D eigenvalue weighted by molar-refractivity contribution is 5.65. The monoisotopic (exact) mass is 394 g/mol. The molecule has 10 heteroatoms. The average Bonchev–Trinajstić information content (AvgIpc) is 3.17. The molecule has 0 bridgehead atoms. The van der Waals surface area contributed by atoms with Gasteiger partial charge < -0.3 is 30.2 Å². The Morgan fingerprint density at radius 2 is 2.14 bits per heavy atom. The van der Waals surface area contributed by atoms with E-state index in [4.69, 9.17) is 19.9 Å². The number of aliphatic hydroxyl groups is 2. The molecular weight excluding hydrogens is 368 g/mol. The number of rotatable bonds is 5. The molecule has 10 nitrogen and oxygen atoms in total. The predicted octanol–water partition coefficient (Wildman–Crippen LogP) is 0.989. The SMILES string of the molecule is CCC(C)(C)OC(=O)OC[C@H]1O[C@@](C)(c2ccc3c(N)ncnn23)[C@H](O)[C@@H]1O. The van der Waals surface area contributed by atoms with Gasteiger partial charge in [-0.25, -0.2) is 14.3 Å². The Morgan fingerprint density at radius 1 is 1.43 bits per heavy atom.